The summed E-state index contributed by atoms with van der Waals surface area (Å²) >= 11 is 1.36. The fourth-order valence-corrected chi connectivity index (χ4v) is 3.56. The van der Waals surface area contributed by atoms with E-state index in [2.05, 4.69) is 4.99 Å². The molecule has 0 aliphatic carbocycles. The van der Waals surface area contributed by atoms with E-state index in [-0.39, 0.29) is 12.4 Å². The van der Waals surface area contributed by atoms with Gasteiger partial charge in [-0.2, -0.15) is 4.99 Å². The molecule has 0 aliphatic rings. The van der Waals surface area contributed by atoms with Gasteiger partial charge in [-0.25, -0.2) is 4.39 Å². The van der Waals surface area contributed by atoms with Gasteiger partial charge < -0.3 is 9.30 Å². The molecule has 0 atom stereocenters. The van der Waals surface area contributed by atoms with Gasteiger partial charge >= 0.3 is 5.97 Å². The molecule has 1 heterocycles. The van der Waals surface area contributed by atoms with Gasteiger partial charge in [0.25, 0.3) is 5.91 Å². The first-order valence-corrected chi connectivity index (χ1v) is 8.98. The Bertz CT molecular complexity index is 1010. The van der Waals surface area contributed by atoms with E-state index in [1.54, 1.807) is 6.92 Å². The van der Waals surface area contributed by atoms with Gasteiger partial charge in [0.15, 0.2) is 4.80 Å². The minimum Gasteiger partial charge on any atom is -0.466 e. The molecule has 2 aromatic carbocycles. The summed E-state index contributed by atoms with van der Waals surface area (Å²) in [4.78, 5) is 28.8. The quantitative estimate of drug-likeness (QED) is 0.644. The maximum absolute atomic E-state index is 13.0. The summed E-state index contributed by atoms with van der Waals surface area (Å²) in [5.74, 6) is -1.17. The van der Waals surface area contributed by atoms with Crippen LogP contribution in [0.1, 0.15) is 23.7 Å². The number of rotatable bonds is 5. The topological polar surface area (TPSA) is 60.7 Å². The van der Waals surface area contributed by atoms with Crippen LogP contribution in [0.2, 0.25) is 0 Å². The highest BCUT2D eigenvalue weighted by molar-refractivity contribution is 7.16. The average molecular weight is 372 g/mol. The Morgan fingerprint density at radius 3 is 2.62 bits per heavy atom. The van der Waals surface area contributed by atoms with Gasteiger partial charge in [0.05, 0.1) is 23.2 Å². The highest BCUT2D eigenvalue weighted by atomic mass is 32.1. The van der Waals surface area contributed by atoms with Crippen LogP contribution in [0.4, 0.5) is 4.39 Å². The van der Waals surface area contributed by atoms with Crippen LogP contribution in [0.25, 0.3) is 10.2 Å². The van der Waals surface area contributed by atoms with Gasteiger partial charge in [0.2, 0.25) is 0 Å². The van der Waals surface area contributed by atoms with Crippen molar-refractivity contribution in [2.45, 2.75) is 19.9 Å². The number of para-hydroxylation sites is 1. The number of aryl methyl sites for hydroxylation is 1. The lowest BCUT2D eigenvalue weighted by Crippen LogP contribution is -2.19. The summed E-state index contributed by atoms with van der Waals surface area (Å²) < 4.78 is 20.8. The third-order valence-corrected chi connectivity index (χ3v) is 4.78. The van der Waals surface area contributed by atoms with Crippen molar-refractivity contribution in [3.8, 4) is 0 Å². The Hall–Kier alpha value is -2.80. The second-order valence-corrected chi connectivity index (χ2v) is 6.49. The first-order chi connectivity index (χ1) is 12.6. The number of hydrogen-bond acceptors (Lipinski definition) is 4. The molecular weight excluding hydrogens is 355 g/mol. The van der Waals surface area contributed by atoms with Gasteiger partial charge in [0, 0.05) is 12.1 Å². The van der Waals surface area contributed by atoms with Crippen LogP contribution in [0.3, 0.4) is 0 Å². The number of aromatic nitrogens is 1. The largest absolute Gasteiger partial charge is 0.466 e. The van der Waals surface area contributed by atoms with Gasteiger partial charge in [-0.1, -0.05) is 23.5 Å². The fraction of sp³-hybridized carbons (Fsp3) is 0.211. The van der Waals surface area contributed by atoms with E-state index in [4.69, 9.17) is 4.74 Å². The zero-order valence-electron chi connectivity index (χ0n) is 14.1. The average Bonchev–Trinajstić information content (AvgIpc) is 2.98. The van der Waals surface area contributed by atoms with Crippen molar-refractivity contribution in [1.82, 2.24) is 4.57 Å². The molecule has 0 N–H and O–H groups in total. The Morgan fingerprint density at radius 1 is 1.15 bits per heavy atom. The second kappa shape index (κ2) is 8.05. The van der Waals surface area contributed by atoms with E-state index < -0.39 is 11.7 Å². The van der Waals surface area contributed by atoms with Crippen molar-refractivity contribution in [3.05, 3.63) is 64.7 Å². The molecule has 3 aromatic rings. The molecule has 0 spiro atoms. The lowest BCUT2D eigenvalue weighted by molar-refractivity contribution is -0.143. The van der Waals surface area contributed by atoms with Gasteiger partial charge in [-0.15, -0.1) is 0 Å². The predicted molar refractivity (Wildman–Crippen MR) is 97.4 cm³/mol. The summed E-state index contributed by atoms with van der Waals surface area (Å²) in [6.45, 7) is 2.44. The Morgan fingerprint density at radius 2 is 1.88 bits per heavy atom. The summed E-state index contributed by atoms with van der Waals surface area (Å²) in [6, 6.07) is 12.9. The van der Waals surface area contributed by atoms with Gasteiger partial charge in [-0.3, -0.25) is 9.59 Å². The summed E-state index contributed by atoms with van der Waals surface area (Å²) in [6.07, 6.45) is 0.187. The van der Waals surface area contributed by atoms with E-state index >= 15 is 0 Å². The molecule has 5 nitrogen and oxygen atoms in total. The van der Waals surface area contributed by atoms with E-state index in [0.717, 1.165) is 10.2 Å². The number of hydrogen-bond donors (Lipinski definition) is 0. The van der Waals surface area contributed by atoms with Crippen molar-refractivity contribution < 1.29 is 18.7 Å². The summed E-state index contributed by atoms with van der Waals surface area (Å²) in [5, 5.41) is 0. The lowest BCUT2D eigenvalue weighted by Gasteiger charge is -2.05. The maximum atomic E-state index is 13.0. The van der Waals surface area contributed by atoms with Crippen LogP contribution in [-0.2, 0) is 16.1 Å². The molecule has 0 saturated carbocycles. The Kier molecular flexibility index (Phi) is 5.58. The molecule has 0 aliphatic heterocycles. The standard InChI is InChI=1S/C19H17FN2O3S/c1-2-25-17(23)11-12-22-15-5-3-4-6-16(15)26-19(22)21-18(24)13-7-9-14(20)10-8-13/h3-10H,2,11-12H2,1H3. The monoisotopic (exact) mass is 372 g/mol. The number of halogens is 1. The lowest BCUT2D eigenvalue weighted by atomic mass is 10.2. The maximum Gasteiger partial charge on any atom is 0.307 e. The number of amides is 1. The van der Waals surface area contributed by atoms with Crippen molar-refractivity contribution in [3.63, 3.8) is 0 Å². The molecule has 7 heteroatoms. The SMILES string of the molecule is CCOC(=O)CCn1c(=NC(=O)c2ccc(F)cc2)sc2ccccc21. The molecule has 134 valence electrons. The van der Waals surface area contributed by atoms with Crippen LogP contribution >= 0.6 is 11.3 Å². The Balaban J connectivity index is 1.98. The van der Waals surface area contributed by atoms with Crippen LogP contribution in [0.5, 0.6) is 0 Å². The van der Waals surface area contributed by atoms with E-state index in [1.807, 2.05) is 28.8 Å². The van der Waals surface area contributed by atoms with Crippen LogP contribution in [0, 0.1) is 5.82 Å². The first kappa shape index (κ1) is 18.0. The van der Waals surface area contributed by atoms with E-state index in [1.165, 1.54) is 35.6 Å². The zero-order chi connectivity index (χ0) is 18.5. The minimum absolute atomic E-state index is 0.187. The predicted octanol–water partition coefficient (Wildman–Crippen LogP) is 3.54. The van der Waals surface area contributed by atoms with E-state index in [0.29, 0.717) is 23.5 Å². The van der Waals surface area contributed by atoms with Gasteiger partial charge in [0.1, 0.15) is 5.82 Å². The number of fused-ring (bicyclic) bond motifs is 1. The number of esters is 1. The molecule has 0 bridgehead atoms. The molecule has 26 heavy (non-hydrogen) atoms. The number of carbonyl (C=O) groups excluding carboxylic acids is 2. The molecule has 0 saturated heterocycles. The normalized spacial score (nSPS) is 11.7. The molecule has 3 rings (SSSR count). The zero-order valence-corrected chi connectivity index (χ0v) is 15.0. The molecule has 1 amide bonds. The summed E-state index contributed by atoms with van der Waals surface area (Å²) in [7, 11) is 0. The van der Waals surface area contributed by atoms with Crippen molar-refractivity contribution in [1.29, 1.82) is 0 Å². The van der Waals surface area contributed by atoms with Crippen molar-refractivity contribution in [2.75, 3.05) is 6.61 Å². The number of benzene rings is 2. The molecule has 1 aromatic heterocycles. The Labute approximate surface area is 153 Å². The van der Waals surface area contributed by atoms with Gasteiger partial charge in [-0.05, 0) is 43.3 Å². The molecule has 0 fully saturated rings. The minimum atomic E-state index is -0.457. The number of ether oxygens (including phenoxy) is 1. The number of carbonyl (C=O) groups is 2. The highest BCUT2D eigenvalue weighted by Crippen LogP contribution is 2.17. The third-order valence-electron chi connectivity index (χ3n) is 3.72. The first-order valence-electron chi connectivity index (χ1n) is 8.17. The number of thiazole rings is 1. The van der Waals surface area contributed by atoms with Crippen molar-refractivity contribution >= 4 is 33.4 Å². The van der Waals surface area contributed by atoms with Crippen LogP contribution in [0.15, 0.2) is 53.5 Å². The second-order valence-electron chi connectivity index (χ2n) is 5.48. The molecule has 0 radical (unpaired) electrons. The van der Waals surface area contributed by atoms with Crippen LogP contribution < -0.4 is 4.80 Å². The van der Waals surface area contributed by atoms with E-state index in [9.17, 15) is 14.0 Å². The smallest absolute Gasteiger partial charge is 0.307 e. The molecule has 0 unspecified atom stereocenters. The fourth-order valence-electron chi connectivity index (χ4n) is 2.50. The van der Waals surface area contributed by atoms with Crippen molar-refractivity contribution in [2.24, 2.45) is 4.99 Å². The molecular formula is C19H17FN2O3S. The van der Waals surface area contributed by atoms with Crippen LogP contribution in [-0.4, -0.2) is 23.1 Å². The highest BCUT2D eigenvalue weighted by Gasteiger charge is 2.11. The number of nitrogens with zero attached hydrogens (tertiary/aromatic N) is 2. The third kappa shape index (κ3) is 4.05. The summed E-state index contributed by atoms with van der Waals surface area (Å²) in [5.41, 5.74) is 1.20.